The maximum Gasteiger partial charge on any atom is 0.0198 e. The first-order valence-corrected chi connectivity index (χ1v) is 8.61. The molecule has 0 spiro atoms. The van der Waals surface area contributed by atoms with Crippen LogP contribution in [0.5, 0.6) is 0 Å². The van der Waals surface area contributed by atoms with E-state index in [9.17, 15) is 0 Å². The lowest BCUT2D eigenvalue weighted by atomic mass is 9.89. The number of unbranched alkanes of at least 4 members (excludes halogenated alkanes) is 2. The molecule has 2 atom stereocenters. The Morgan fingerprint density at radius 1 is 1.11 bits per heavy atom. The van der Waals surface area contributed by atoms with Gasteiger partial charge < -0.3 is 10.2 Å². The highest BCUT2D eigenvalue weighted by Gasteiger charge is 2.26. The average Bonchev–Trinajstić information content (AvgIpc) is 2.40. The van der Waals surface area contributed by atoms with Gasteiger partial charge in [-0.1, -0.05) is 47.0 Å². The van der Waals surface area contributed by atoms with Crippen LogP contribution in [0.15, 0.2) is 0 Å². The topological polar surface area (TPSA) is 15.3 Å². The number of likely N-dealkylation sites (tertiary alicyclic amines) is 1. The molecule has 0 bridgehead atoms. The van der Waals surface area contributed by atoms with Crippen LogP contribution in [0.1, 0.15) is 66.2 Å². The number of hydrogen-bond acceptors (Lipinski definition) is 2. The van der Waals surface area contributed by atoms with Crippen molar-refractivity contribution in [2.24, 2.45) is 11.8 Å². The molecule has 1 N–H and O–H groups in total. The second kappa shape index (κ2) is 9.77. The van der Waals surface area contributed by atoms with E-state index in [0.29, 0.717) is 0 Å². The van der Waals surface area contributed by atoms with Gasteiger partial charge in [0.2, 0.25) is 0 Å². The first kappa shape index (κ1) is 17.0. The van der Waals surface area contributed by atoms with Crippen molar-refractivity contribution in [2.75, 3.05) is 26.2 Å². The zero-order chi connectivity index (χ0) is 14.1. The van der Waals surface area contributed by atoms with Crippen LogP contribution in [0.2, 0.25) is 0 Å². The maximum absolute atomic E-state index is 3.79. The highest BCUT2D eigenvalue weighted by atomic mass is 15.2. The third-order valence-electron chi connectivity index (χ3n) is 4.22. The minimum Gasteiger partial charge on any atom is -0.312 e. The van der Waals surface area contributed by atoms with Crippen molar-refractivity contribution in [3.05, 3.63) is 0 Å². The molecular formula is C17H36N2. The summed E-state index contributed by atoms with van der Waals surface area (Å²) in [5, 5.41) is 3.79. The smallest absolute Gasteiger partial charge is 0.0198 e. The molecular weight excluding hydrogens is 232 g/mol. The second-order valence-electron chi connectivity index (χ2n) is 6.86. The molecule has 0 amide bonds. The van der Waals surface area contributed by atoms with E-state index in [0.717, 1.165) is 17.9 Å². The summed E-state index contributed by atoms with van der Waals surface area (Å²) in [5.41, 5.74) is 0. The fraction of sp³-hybridized carbons (Fsp3) is 1.00. The van der Waals surface area contributed by atoms with Crippen LogP contribution in [0.4, 0.5) is 0 Å². The lowest BCUT2D eigenvalue weighted by Gasteiger charge is -2.38. The summed E-state index contributed by atoms with van der Waals surface area (Å²) in [6, 6.07) is 0.731. The Hall–Kier alpha value is -0.0800. The van der Waals surface area contributed by atoms with Crippen molar-refractivity contribution in [2.45, 2.75) is 72.3 Å². The molecule has 1 fully saturated rings. The van der Waals surface area contributed by atoms with Crippen molar-refractivity contribution in [3.8, 4) is 0 Å². The Kier molecular flexibility index (Phi) is 8.72. The molecule has 2 heteroatoms. The van der Waals surface area contributed by atoms with Gasteiger partial charge >= 0.3 is 0 Å². The minimum atomic E-state index is 0.731. The molecule has 1 aliphatic heterocycles. The largest absolute Gasteiger partial charge is 0.312 e. The third-order valence-corrected chi connectivity index (χ3v) is 4.22. The van der Waals surface area contributed by atoms with Crippen molar-refractivity contribution < 1.29 is 0 Å². The molecule has 1 rings (SSSR count). The highest BCUT2D eigenvalue weighted by molar-refractivity contribution is 4.83. The molecule has 0 aliphatic carbocycles. The first-order valence-electron chi connectivity index (χ1n) is 8.61. The summed E-state index contributed by atoms with van der Waals surface area (Å²) in [6.07, 6.45) is 8.25. The molecule has 0 aromatic carbocycles. The Morgan fingerprint density at radius 2 is 1.84 bits per heavy atom. The van der Waals surface area contributed by atoms with E-state index in [1.807, 2.05) is 0 Å². The van der Waals surface area contributed by atoms with Gasteiger partial charge in [0.1, 0.15) is 0 Å². The van der Waals surface area contributed by atoms with Gasteiger partial charge in [0.25, 0.3) is 0 Å². The van der Waals surface area contributed by atoms with E-state index in [1.54, 1.807) is 0 Å². The van der Waals surface area contributed by atoms with Crippen LogP contribution in [0, 0.1) is 11.8 Å². The second-order valence-corrected chi connectivity index (χ2v) is 6.86. The predicted octanol–water partition coefficient (Wildman–Crippen LogP) is 3.91. The monoisotopic (exact) mass is 268 g/mol. The lowest BCUT2D eigenvalue weighted by molar-refractivity contribution is 0.131. The van der Waals surface area contributed by atoms with Gasteiger partial charge in [-0.05, 0) is 44.2 Å². The SMILES string of the molecule is CCCCC1CC(NCC(C)C)CN(CCCC)C1. The van der Waals surface area contributed by atoms with Gasteiger partial charge in [0, 0.05) is 19.1 Å². The van der Waals surface area contributed by atoms with E-state index in [-0.39, 0.29) is 0 Å². The predicted molar refractivity (Wildman–Crippen MR) is 85.6 cm³/mol. The standard InChI is InChI=1S/C17H36N2/c1-5-7-9-16-11-17(18-12-15(3)4)14-19(13-16)10-8-6-2/h15-18H,5-14H2,1-4H3. The Morgan fingerprint density at radius 3 is 2.47 bits per heavy atom. The van der Waals surface area contributed by atoms with Crippen LogP contribution in [-0.2, 0) is 0 Å². The third kappa shape index (κ3) is 7.31. The zero-order valence-corrected chi connectivity index (χ0v) is 13.8. The molecule has 114 valence electrons. The summed E-state index contributed by atoms with van der Waals surface area (Å²) < 4.78 is 0. The highest BCUT2D eigenvalue weighted by Crippen LogP contribution is 2.22. The zero-order valence-electron chi connectivity index (χ0n) is 13.8. The Bertz CT molecular complexity index is 199. The molecule has 0 saturated carbocycles. The molecule has 2 nitrogen and oxygen atoms in total. The molecule has 1 aliphatic rings. The van der Waals surface area contributed by atoms with E-state index in [4.69, 9.17) is 0 Å². The van der Waals surface area contributed by atoms with E-state index >= 15 is 0 Å². The average molecular weight is 268 g/mol. The van der Waals surface area contributed by atoms with Gasteiger partial charge in [0.05, 0.1) is 0 Å². The minimum absolute atomic E-state index is 0.731. The Balaban J connectivity index is 2.40. The molecule has 0 aromatic rings. The molecule has 1 heterocycles. The lowest BCUT2D eigenvalue weighted by Crippen LogP contribution is -2.50. The van der Waals surface area contributed by atoms with Crippen LogP contribution < -0.4 is 5.32 Å². The normalized spacial score (nSPS) is 25.1. The molecule has 0 radical (unpaired) electrons. The van der Waals surface area contributed by atoms with E-state index < -0.39 is 0 Å². The molecule has 0 aromatic heterocycles. The van der Waals surface area contributed by atoms with Crippen LogP contribution in [0.25, 0.3) is 0 Å². The summed E-state index contributed by atoms with van der Waals surface area (Å²) >= 11 is 0. The van der Waals surface area contributed by atoms with Crippen LogP contribution >= 0.6 is 0 Å². The molecule has 2 unspecified atom stereocenters. The van der Waals surface area contributed by atoms with Gasteiger partial charge in [-0.25, -0.2) is 0 Å². The number of piperidine rings is 1. The molecule has 19 heavy (non-hydrogen) atoms. The van der Waals surface area contributed by atoms with E-state index in [2.05, 4.69) is 37.9 Å². The van der Waals surface area contributed by atoms with Crippen LogP contribution in [-0.4, -0.2) is 37.1 Å². The summed E-state index contributed by atoms with van der Waals surface area (Å²) in [6.45, 7) is 14.3. The number of nitrogens with one attached hydrogen (secondary N) is 1. The van der Waals surface area contributed by atoms with Crippen molar-refractivity contribution in [3.63, 3.8) is 0 Å². The summed E-state index contributed by atoms with van der Waals surface area (Å²) in [4.78, 5) is 2.71. The first-order chi connectivity index (χ1) is 9.15. The van der Waals surface area contributed by atoms with Gasteiger partial charge in [-0.15, -0.1) is 0 Å². The number of rotatable bonds is 9. The van der Waals surface area contributed by atoms with Crippen molar-refractivity contribution >= 4 is 0 Å². The number of nitrogens with zero attached hydrogens (tertiary/aromatic N) is 1. The van der Waals surface area contributed by atoms with E-state index in [1.165, 1.54) is 64.7 Å². The number of hydrogen-bond donors (Lipinski definition) is 1. The fourth-order valence-corrected chi connectivity index (χ4v) is 3.12. The molecule has 1 saturated heterocycles. The Labute approximate surface area is 121 Å². The van der Waals surface area contributed by atoms with Crippen molar-refractivity contribution in [1.29, 1.82) is 0 Å². The summed E-state index contributed by atoms with van der Waals surface area (Å²) in [7, 11) is 0. The van der Waals surface area contributed by atoms with Gasteiger partial charge in [0.15, 0.2) is 0 Å². The fourth-order valence-electron chi connectivity index (χ4n) is 3.12. The maximum atomic E-state index is 3.79. The van der Waals surface area contributed by atoms with Crippen LogP contribution in [0.3, 0.4) is 0 Å². The van der Waals surface area contributed by atoms with Gasteiger partial charge in [-0.3, -0.25) is 0 Å². The summed E-state index contributed by atoms with van der Waals surface area (Å²) in [5.74, 6) is 1.69. The van der Waals surface area contributed by atoms with Crippen molar-refractivity contribution in [1.82, 2.24) is 10.2 Å². The van der Waals surface area contributed by atoms with Gasteiger partial charge in [-0.2, -0.15) is 0 Å². The quantitative estimate of drug-likeness (QED) is 0.682.